The summed E-state index contributed by atoms with van der Waals surface area (Å²) in [5.74, 6) is 0.240. The topological polar surface area (TPSA) is 117 Å². The van der Waals surface area contributed by atoms with E-state index in [1.54, 1.807) is 30.4 Å². The lowest BCUT2D eigenvalue weighted by Crippen LogP contribution is -2.71. The summed E-state index contributed by atoms with van der Waals surface area (Å²) in [6.45, 7) is 4.31. The van der Waals surface area contributed by atoms with Crippen molar-refractivity contribution >= 4 is 23.8 Å². The van der Waals surface area contributed by atoms with Gasteiger partial charge in [0, 0.05) is 11.3 Å². The molecule has 0 aromatic heterocycles. The van der Waals surface area contributed by atoms with Crippen LogP contribution in [0.5, 0.6) is 5.75 Å². The normalized spacial score (nSPS) is 27.3. The molecule has 0 radical (unpaired) electrons. The highest BCUT2D eigenvalue weighted by molar-refractivity contribution is 6.05. The maximum absolute atomic E-state index is 13.0. The van der Waals surface area contributed by atoms with Gasteiger partial charge in [0.2, 0.25) is 0 Å². The molecule has 4 aliphatic heterocycles. The standard InChI is InChI=1S/C25H26F2N4O5/c1-23(2)24(12-33-13-24)25(14-35-22(28)31-25)17-9-15(7-8-19(17)36-23)30-21(32)18-6-4-3-5-16(10-29-18)34-11-20(26)27/h3-10,20H,11-14H2,1-2H3,(H2,28,31)(H,30,32)/b4-3+,5-3?,6-4?,16-5-,16-10?,18-6?,29-10?,29-18?. The lowest BCUT2D eigenvalue weighted by atomic mass is 9.55. The highest BCUT2D eigenvalue weighted by Gasteiger charge is 2.71. The molecule has 4 heterocycles. The van der Waals surface area contributed by atoms with Gasteiger partial charge in [-0.3, -0.25) is 4.79 Å². The first-order valence-electron chi connectivity index (χ1n) is 11.4. The number of rotatable bonds is 5. The van der Waals surface area contributed by atoms with Gasteiger partial charge >= 0.3 is 0 Å². The molecule has 1 aromatic carbocycles. The number of anilines is 1. The Balaban J connectivity index is 1.42. The number of carbonyl (C=O) groups excluding carboxylic acids is 1. The maximum Gasteiger partial charge on any atom is 0.283 e. The van der Waals surface area contributed by atoms with Gasteiger partial charge in [-0.25, -0.2) is 18.8 Å². The highest BCUT2D eigenvalue weighted by atomic mass is 19.3. The van der Waals surface area contributed by atoms with Crippen molar-refractivity contribution in [1.29, 1.82) is 0 Å². The number of amides is 1. The minimum absolute atomic E-state index is 0.0673. The summed E-state index contributed by atoms with van der Waals surface area (Å²) >= 11 is 0. The van der Waals surface area contributed by atoms with Gasteiger partial charge in [-0.15, -0.1) is 0 Å². The Bertz CT molecular complexity index is 1230. The van der Waals surface area contributed by atoms with Crippen molar-refractivity contribution in [3.63, 3.8) is 0 Å². The van der Waals surface area contributed by atoms with Gasteiger partial charge in [0.25, 0.3) is 18.4 Å². The van der Waals surface area contributed by atoms with Crippen molar-refractivity contribution < 1.29 is 32.5 Å². The van der Waals surface area contributed by atoms with Crippen LogP contribution in [0.1, 0.15) is 19.4 Å². The largest absolute Gasteiger partial charge is 0.487 e. The predicted octanol–water partition coefficient (Wildman–Crippen LogP) is 3.04. The lowest BCUT2D eigenvalue weighted by molar-refractivity contribution is -0.247. The molecule has 1 aromatic rings. The molecule has 0 saturated carbocycles. The van der Waals surface area contributed by atoms with E-state index in [9.17, 15) is 13.6 Å². The van der Waals surface area contributed by atoms with E-state index >= 15 is 0 Å². The van der Waals surface area contributed by atoms with Crippen LogP contribution < -0.4 is 15.8 Å². The van der Waals surface area contributed by atoms with Gasteiger partial charge in [-0.1, -0.05) is 12.2 Å². The molecule has 1 saturated heterocycles. The molecule has 2 spiro atoms. The average molecular weight is 501 g/mol. The zero-order valence-corrected chi connectivity index (χ0v) is 19.8. The fourth-order valence-corrected chi connectivity index (χ4v) is 4.95. The number of hydrogen-bond donors (Lipinski definition) is 2. The Kier molecular flexibility index (Phi) is 5.82. The molecule has 36 heavy (non-hydrogen) atoms. The molecule has 1 amide bonds. The fraction of sp³-hybridized carbons (Fsp3) is 0.400. The minimum Gasteiger partial charge on any atom is -0.487 e. The second-order valence-corrected chi connectivity index (χ2v) is 9.42. The molecular formula is C25H26F2N4O5. The predicted molar refractivity (Wildman–Crippen MR) is 128 cm³/mol. The van der Waals surface area contributed by atoms with Crippen molar-refractivity contribution in [2.45, 2.75) is 31.4 Å². The SMILES string of the molecule is CC1(C)Oc2ccc(NC(=O)C3=C/C=C/C=C(\OCC(F)F)C=N3)cc2C2(COC(N)=N2)C12COC2. The van der Waals surface area contributed by atoms with Gasteiger partial charge in [-0.05, 0) is 44.2 Å². The van der Waals surface area contributed by atoms with Gasteiger partial charge in [0.1, 0.15) is 41.6 Å². The number of nitrogens with two attached hydrogens (primary N) is 1. The molecule has 1 unspecified atom stereocenters. The first-order chi connectivity index (χ1) is 17.2. The molecule has 190 valence electrons. The Hall–Kier alpha value is -3.73. The molecule has 3 N–H and O–H groups in total. The summed E-state index contributed by atoms with van der Waals surface area (Å²) < 4.78 is 47.6. The number of nitrogens with one attached hydrogen (secondary N) is 1. The summed E-state index contributed by atoms with van der Waals surface area (Å²) in [7, 11) is 0. The third-order valence-electron chi connectivity index (χ3n) is 6.98. The van der Waals surface area contributed by atoms with E-state index in [-0.39, 0.29) is 24.1 Å². The number of alkyl halides is 2. The molecule has 0 aliphatic carbocycles. The van der Waals surface area contributed by atoms with E-state index in [0.29, 0.717) is 24.7 Å². The molecule has 1 fully saturated rings. The highest BCUT2D eigenvalue weighted by Crippen LogP contribution is 2.62. The molecule has 0 bridgehead atoms. The Morgan fingerprint density at radius 3 is 2.67 bits per heavy atom. The van der Waals surface area contributed by atoms with Gasteiger partial charge in [0.15, 0.2) is 0 Å². The Morgan fingerprint density at radius 2 is 2.00 bits per heavy atom. The first kappa shape index (κ1) is 24.0. The molecular weight excluding hydrogens is 474 g/mol. The number of ether oxygens (including phenoxy) is 4. The van der Waals surface area contributed by atoms with E-state index in [1.807, 2.05) is 13.8 Å². The number of halogens is 2. The van der Waals surface area contributed by atoms with Crippen molar-refractivity contribution in [3.8, 4) is 5.75 Å². The van der Waals surface area contributed by atoms with Crippen LogP contribution >= 0.6 is 0 Å². The molecule has 4 aliphatic rings. The number of amidine groups is 1. The van der Waals surface area contributed by atoms with Crippen LogP contribution in [0.15, 0.2) is 63.9 Å². The van der Waals surface area contributed by atoms with E-state index < -0.39 is 35.5 Å². The van der Waals surface area contributed by atoms with E-state index in [2.05, 4.69) is 10.3 Å². The summed E-state index contributed by atoms with van der Waals surface area (Å²) in [6, 6.07) is 5.39. The zero-order chi connectivity index (χ0) is 25.6. The van der Waals surface area contributed by atoms with Crippen molar-refractivity contribution in [2.75, 3.05) is 31.7 Å². The average Bonchev–Trinajstić information content (AvgIpc) is 3.14. The molecule has 9 nitrogen and oxygen atoms in total. The number of benzene rings is 1. The van der Waals surface area contributed by atoms with Crippen LogP contribution in [0.25, 0.3) is 0 Å². The molecule has 1 atom stereocenters. The quantitative estimate of drug-likeness (QED) is 0.642. The van der Waals surface area contributed by atoms with Gasteiger partial charge in [0.05, 0.1) is 24.8 Å². The number of nitrogens with zero attached hydrogens (tertiary/aromatic N) is 2. The van der Waals surface area contributed by atoms with Crippen LogP contribution in [0.2, 0.25) is 0 Å². The summed E-state index contributed by atoms with van der Waals surface area (Å²) in [4.78, 5) is 21.9. The molecule has 11 heteroatoms. The van der Waals surface area contributed by atoms with Crippen LogP contribution in [-0.4, -0.2) is 56.6 Å². The third kappa shape index (κ3) is 3.83. The summed E-state index contributed by atoms with van der Waals surface area (Å²) in [6.07, 6.45) is 4.74. The van der Waals surface area contributed by atoms with Crippen molar-refractivity contribution in [2.24, 2.45) is 21.1 Å². The number of fused-ring (bicyclic) bond motifs is 3. The van der Waals surface area contributed by atoms with Gasteiger partial charge < -0.3 is 30.0 Å². The summed E-state index contributed by atoms with van der Waals surface area (Å²) in [5, 5.41) is 2.83. The second kappa shape index (κ2) is 8.74. The zero-order valence-electron chi connectivity index (χ0n) is 19.8. The minimum atomic E-state index is -2.62. The Labute approximate surface area is 206 Å². The second-order valence-electron chi connectivity index (χ2n) is 9.42. The fourth-order valence-electron chi connectivity index (χ4n) is 4.95. The van der Waals surface area contributed by atoms with Crippen LogP contribution in [0.4, 0.5) is 14.5 Å². The van der Waals surface area contributed by atoms with Gasteiger partial charge in [-0.2, -0.15) is 0 Å². The number of aliphatic imine (C=N–C) groups is 2. The van der Waals surface area contributed by atoms with E-state index in [1.165, 1.54) is 18.4 Å². The van der Waals surface area contributed by atoms with E-state index in [0.717, 1.165) is 5.56 Å². The van der Waals surface area contributed by atoms with Crippen LogP contribution in [-0.2, 0) is 24.5 Å². The number of hydrogen-bond acceptors (Lipinski definition) is 8. The summed E-state index contributed by atoms with van der Waals surface area (Å²) in [5.41, 5.74) is 5.32. The van der Waals surface area contributed by atoms with E-state index in [4.69, 9.17) is 29.7 Å². The van der Waals surface area contributed by atoms with Crippen LogP contribution in [0.3, 0.4) is 0 Å². The molecule has 5 rings (SSSR count). The number of allylic oxidation sites excluding steroid dienone is 5. The first-order valence-corrected chi connectivity index (χ1v) is 11.4. The smallest absolute Gasteiger partial charge is 0.283 e. The maximum atomic E-state index is 13.0. The Morgan fingerprint density at radius 1 is 1.22 bits per heavy atom. The van der Waals surface area contributed by atoms with Crippen molar-refractivity contribution in [1.82, 2.24) is 0 Å². The van der Waals surface area contributed by atoms with Crippen LogP contribution in [0, 0.1) is 5.41 Å². The van der Waals surface area contributed by atoms with Crippen molar-refractivity contribution in [3.05, 3.63) is 59.5 Å². The lowest BCUT2D eigenvalue weighted by Gasteiger charge is -2.61. The monoisotopic (exact) mass is 500 g/mol. The number of carbonyl (C=O) groups is 1. The third-order valence-corrected chi connectivity index (χ3v) is 6.98.